The van der Waals surface area contributed by atoms with Gasteiger partial charge in [0.2, 0.25) is 5.91 Å². The number of aromatic nitrogens is 2. The lowest BCUT2D eigenvalue weighted by atomic mass is 10.00. The first-order valence-corrected chi connectivity index (χ1v) is 14.1. The maximum absolute atomic E-state index is 11.8. The Labute approximate surface area is 223 Å². The van der Waals surface area contributed by atoms with Gasteiger partial charge in [-0.1, -0.05) is 6.07 Å². The number of nitrogens with zero attached hydrogens (tertiary/aromatic N) is 4. The van der Waals surface area contributed by atoms with Crippen LogP contribution < -0.4 is 15.0 Å². The third-order valence-electron chi connectivity index (χ3n) is 8.88. The Morgan fingerprint density at radius 3 is 2.53 bits per heavy atom. The van der Waals surface area contributed by atoms with Gasteiger partial charge in [0.15, 0.2) is 0 Å². The van der Waals surface area contributed by atoms with E-state index in [1.54, 1.807) is 0 Å². The number of rotatable bonds is 7. The fourth-order valence-corrected chi connectivity index (χ4v) is 6.23. The van der Waals surface area contributed by atoms with Crippen LogP contribution in [0.2, 0.25) is 0 Å². The molecule has 8 heteroatoms. The van der Waals surface area contributed by atoms with Crippen molar-refractivity contribution in [1.82, 2.24) is 19.8 Å². The minimum absolute atomic E-state index is 0.0655. The lowest BCUT2D eigenvalue weighted by molar-refractivity contribution is -0.119. The second-order valence-corrected chi connectivity index (χ2v) is 11.5. The molecular weight excluding hydrogens is 478 g/mol. The minimum Gasteiger partial charge on any atom is -0.488 e. The number of benzene rings is 2. The van der Waals surface area contributed by atoms with Crippen LogP contribution in [0.4, 0.5) is 5.69 Å². The van der Waals surface area contributed by atoms with Gasteiger partial charge in [-0.25, -0.2) is 4.98 Å². The summed E-state index contributed by atoms with van der Waals surface area (Å²) < 4.78 is 14.3. The van der Waals surface area contributed by atoms with Gasteiger partial charge in [-0.15, -0.1) is 0 Å². The molecule has 1 saturated carbocycles. The molecule has 1 aliphatic carbocycles. The van der Waals surface area contributed by atoms with Crippen molar-refractivity contribution in [2.24, 2.45) is 5.92 Å². The number of nitrogens with one attached hydrogen (secondary N) is 1. The zero-order chi connectivity index (χ0) is 25.8. The summed E-state index contributed by atoms with van der Waals surface area (Å²) in [7, 11) is 0. The van der Waals surface area contributed by atoms with E-state index in [1.807, 2.05) is 6.33 Å². The van der Waals surface area contributed by atoms with E-state index in [0.717, 1.165) is 61.7 Å². The number of amides is 1. The number of carbonyl (C=O) groups excluding carboxylic acids is 1. The van der Waals surface area contributed by atoms with Crippen LogP contribution in [0, 0.1) is 12.8 Å². The Hall–Kier alpha value is -3.10. The summed E-state index contributed by atoms with van der Waals surface area (Å²) in [6.07, 6.45) is 4.80. The second-order valence-electron chi connectivity index (χ2n) is 11.5. The number of ether oxygens (including phenoxy) is 2. The van der Waals surface area contributed by atoms with E-state index in [-0.39, 0.29) is 17.9 Å². The van der Waals surface area contributed by atoms with Crippen LogP contribution in [-0.2, 0) is 9.53 Å². The van der Waals surface area contributed by atoms with Crippen molar-refractivity contribution in [3.05, 3.63) is 42.2 Å². The third kappa shape index (κ3) is 4.43. The maximum atomic E-state index is 11.8. The molecule has 4 heterocycles. The molecule has 0 unspecified atom stereocenters. The van der Waals surface area contributed by atoms with E-state index in [9.17, 15) is 4.79 Å². The quantitative estimate of drug-likeness (QED) is 0.517. The van der Waals surface area contributed by atoms with Gasteiger partial charge in [-0.05, 0) is 67.6 Å². The number of imidazole rings is 1. The van der Waals surface area contributed by atoms with Crippen molar-refractivity contribution < 1.29 is 14.3 Å². The molecule has 3 aliphatic heterocycles. The fraction of sp³-hybridized carbons (Fsp3) is 0.533. The molecule has 7 rings (SSSR count). The van der Waals surface area contributed by atoms with Crippen LogP contribution in [0.15, 0.2) is 36.7 Å². The minimum atomic E-state index is -0.0655. The highest BCUT2D eigenvalue weighted by molar-refractivity contribution is 5.88. The van der Waals surface area contributed by atoms with Crippen LogP contribution in [-0.4, -0.2) is 78.4 Å². The lowest BCUT2D eigenvalue weighted by Crippen LogP contribution is -2.56. The first-order valence-electron chi connectivity index (χ1n) is 14.1. The molecule has 1 N–H and O–H groups in total. The van der Waals surface area contributed by atoms with Gasteiger partial charge in [0.05, 0.1) is 31.1 Å². The number of hydrogen-bond acceptors (Lipinski definition) is 6. The van der Waals surface area contributed by atoms with Gasteiger partial charge in [0.1, 0.15) is 17.4 Å². The highest BCUT2D eigenvalue weighted by Crippen LogP contribution is 2.42. The van der Waals surface area contributed by atoms with Crippen LogP contribution in [0.5, 0.6) is 5.75 Å². The van der Waals surface area contributed by atoms with Gasteiger partial charge in [0, 0.05) is 56.8 Å². The first-order chi connectivity index (χ1) is 18.5. The molecule has 0 radical (unpaired) electrons. The molecule has 200 valence electrons. The second kappa shape index (κ2) is 9.58. The normalized spacial score (nSPS) is 23.5. The molecule has 1 amide bonds. The number of carbonyl (C=O) groups is 1. The molecule has 0 bridgehead atoms. The largest absolute Gasteiger partial charge is 0.488 e. The van der Waals surface area contributed by atoms with E-state index < -0.39 is 0 Å². The van der Waals surface area contributed by atoms with Crippen molar-refractivity contribution in [2.75, 3.05) is 50.8 Å². The molecule has 4 fully saturated rings. The lowest BCUT2D eigenvalue weighted by Gasteiger charge is -2.43. The monoisotopic (exact) mass is 515 g/mol. The molecule has 38 heavy (non-hydrogen) atoms. The van der Waals surface area contributed by atoms with E-state index in [2.05, 4.69) is 63.9 Å². The van der Waals surface area contributed by atoms with Gasteiger partial charge in [-0.2, -0.15) is 0 Å². The summed E-state index contributed by atoms with van der Waals surface area (Å²) in [6.45, 7) is 11.0. The van der Waals surface area contributed by atoms with Crippen LogP contribution in [0.25, 0.3) is 22.2 Å². The van der Waals surface area contributed by atoms with E-state index >= 15 is 0 Å². The van der Waals surface area contributed by atoms with Crippen LogP contribution >= 0.6 is 0 Å². The molecular formula is C30H37N5O3. The van der Waals surface area contributed by atoms with Crippen molar-refractivity contribution in [2.45, 2.75) is 51.3 Å². The van der Waals surface area contributed by atoms with Crippen LogP contribution in [0.1, 0.15) is 37.8 Å². The third-order valence-corrected chi connectivity index (χ3v) is 8.88. The molecule has 2 aromatic carbocycles. The fourth-order valence-electron chi connectivity index (χ4n) is 6.23. The Morgan fingerprint density at radius 2 is 1.87 bits per heavy atom. The number of fused-ring (bicyclic) bond motifs is 1. The van der Waals surface area contributed by atoms with Crippen molar-refractivity contribution in [3.8, 4) is 16.9 Å². The zero-order valence-electron chi connectivity index (χ0n) is 22.4. The van der Waals surface area contributed by atoms with Crippen molar-refractivity contribution in [1.29, 1.82) is 0 Å². The van der Waals surface area contributed by atoms with E-state index in [0.29, 0.717) is 25.0 Å². The summed E-state index contributed by atoms with van der Waals surface area (Å²) in [5.41, 5.74) is 6.94. The maximum Gasteiger partial charge on any atom is 0.220 e. The summed E-state index contributed by atoms with van der Waals surface area (Å²) >= 11 is 0. The number of anilines is 1. The smallest absolute Gasteiger partial charge is 0.220 e. The average molecular weight is 516 g/mol. The van der Waals surface area contributed by atoms with Gasteiger partial charge in [-0.3, -0.25) is 9.69 Å². The number of hydrogen-bond donors (Lipinski definition) is 1. The topological polar surface area (TPSA) is 71.9 Å². The van der Waals surface area contributed by atoms with Crippen molar-refractivity contribution in [3.63, 3.8) is 0 Å². The molecule has 4 aliphatic rings. The standard InChI is InChI=1S/C30H37N5O3/c1-19-11-21(3-6-27(19)34-9-7-33(8-10-34)25-16-37-17-25)22-12-26-30(35(18-32-26)24-4-5-24)28(13-22)38-20(2)23-14-29(36)31-15-23/h3,6,11-13,18,20,23-25H,4-5,7-10,14-17H2,1-2H3,(H,31,36)/t20-,23-/m1/s1. The SMILES string of the molecule is Cc1cc(-c2cc(O[C@H](C)[C@H]3CNC(=O)C3)c3c(c2)ncn3C2CC2)ccc1N1CCN(C2COC2)CC1. The summed E-state index contributed by atoms with van der Waals surface area (Å²) in [5.74, 6) is 1.16. The Morgan fingerprint density at radius 1 is 1.05 bits per heavy atom. The Kier molecular flexibility index (Phi) is 6.04. The molecule has 3 saturated heterocycles. The average Bonchev–Trinajstić information content (AvgIpc) is 3.48. The number of piperazine rings is 1. The molecule has 8 nitrogen and oxygen atoms in total. The highest BCUT2D eigenvalue weighted by Gasteiger charge is 2.31. The molecule has 3 aromatic rings. The van der Waals surface area contributed by atoms with Gasteiger partial charge < -0.3 is 24.3 Å². The van der Waals surface area contributed by atoms with Gasteiger partial charge >= 0.3 is 0 Å². The van der Waals surface area contributed by atoms with Gasteiger partial charge in [0.25, 0.3) is 0 Å². The molecule has 1 aromatic heterocycles. The summed E-state index contributed by atoms with van der Waals surface area (Å²) in [6, 6.07) is 12.3. The summed E-state index contributed by atoms with van der Waals surface area (Å²) in [5, 5.41) is 2.95. The van der Waals surface area contributed by atoms with Crippen molar-refractivity contribution >= 4 is 22.6 Å². The van der Waals surface area contributed by atoms with Crippen LogP contribution in [0.3, 0.4) is 0 Å². The van der Waals surface area contributed by atoms with E-state index in [1.165, 1.54) is 29.7 Å². The molecule has 0 spiro atoms. The van der Waals surface area contributed by atoms with E-state index in [4.69, 9.17) is 14.5 Å². The Balaban J connectivity index is 1.16. The first kappa shape index (κ1) is 24.0. The highest BCUT2D eigenvalue weighted by atomic mass is 16.5. The predicted molar refractivity (Wildman–Crippen MR) is 148 cm³/mol. The Bertz CT molecular complexity index is 1350. The number of aryl methyl sites for hydroxylation is 1. The predicted octanol–water partition coefficient (Wildman–Crippen LogP) is 3.77. The zero-order valence-corrected chi connectivity index (χ0v) is 22.4. The summed E-state index contributed by atoms with van der Waals surface area (Å²) in [4.78, 5) is 21.7. The molecule has 2 atom stereocenters.